The summed E-state index contributed by atoms with van der Waals surface area (Å²) in [5.74, 6) is -1.35. The highest BCUT2D eigenvalue weighted by molar-refractivity contribution is 7.86. The molecule has 1 saturated heterocycles. The van der Waals surface area contributed by atoms with Gasteiger partial charge in [0.1, 0.15) is 17.4 Å². The Morgan fingerprint density at radius 1 is 1.07 bits per heavy atom. The minimum absolute atomic E-state index is 0.00683. The number of halogens is 2. The maximum Gasteiger partial charge on any atom is 0.232 e. The lowest BCUT2D eigenvalue weighted by molar-refractivity contribution is -0.119. The summed E-state index contributed by atoms with van der Waals surface area (Å²) in [5, 5.41) is 2.10. The molecule has 0 aliphatic carbocycles. The molecule has 3 rings (SSSR count). The fourth-order valence-electron chi connectivity index (χ4n) is 3.07. The van der Waals surface area contributed by atoms with Crippen LogP contribution < -0.4 is 5.32 Å². The van der Waals surface area contributed by atoms with Crippen molar-refractivity contribution in [3.63, 3.8) is 0 Å². The van der Waals surface area contributed by atoms with Crippen molar-refractivity contribution in [3.05, 3.63) is 71.3 Å². The van der Waals surface area contributed by atoms with Crippen molar-refractivity contribution in [2.45, 2.75) is 24.2 Å². The summed E-state index contributed by atoms with van der Waals surface area (Å²) < 4.78 is 44.9. The summed E-state index contributed by atoms with van der Waals surface area (Å²) >= 11 is 0. The largest absolute Gasteiger partial charge is 0.376 e. The molecule has 1 N–H and O–H groups in total. The van der Waals surface area contributed by atoms with E-state index in [-0.39, 0.29) is 17.8 Å². The van der Waals surface area contributed by atoms with Gasteiger partial charge in [-0.1, -0.05) is 24.3 Å². The van der Waals surface area contributed by atoms with Crippen LogP contribution in [0.15, 0.2) is 48.5 Å². The predicted molar refractivity (Wildman–Crippen MR) is 99.6 cm³/mol. The number of hydrogen-bond acceptors (Lipinski definition) is 3. The first kappa shape index (κ1) is 19.6. The van der Waals surface area contributed by atoms with E-state index in [1.807, 2.05) is 0 Å². The highest BCUT2D eigenvalue weighted by atomic mass is 32.2. The minimum atomic E-state index is -1.60. The van der Waals surface area contributed by atoms with Crippen molar-refractivity contribution in [3.8, 4) is 0 Å². The van der Waals surface area contributed by atoms with Gasteiger partial charge >= 0.3 is 0 Å². The highest BCUT2D eigenvalue weighted by Gasteiger charge is 2.24. The van der Waals surface area contributed by atoms with Crippen molar-refractivity contribution in [2.24, 2.45) is 0 Å². The van der Waals surface area contributed by atoms with Crippen LogP contribution in [0.25, 0.3) is 0 Å². The van der Waals surface area contributed by atoms with E-state index >= 15 is 0 Å². The second-order valence-corrected chi connectivity index (χ2v) is 7.97. The number of nitrogens with one attached hydrogen (secondary N) is 1. The van der Waals surface area contributed by atoms with Gasteiger partial charge in [-0.25, -0.2) is 8.78 Å². The van der Waals surface area contributed by atoms with Gasteiger partial charge < -0.3 is 10.1 Å². The number of rotatable bonds is 7. The van der Waals surface area contributed by atoms with Gasteiger partial charge in [0, 0.05) is 24.0 Å². The van der Waals surface area contributed by atoms with Crippen LogP contribution in [-0.4, -0.2) is 35.1 Å². The van der Waals surface area contributed by atoms with Gasteiger partial charge in [-0.3, -0.25) is 9.00 Å². The van der Waals surface area contributed by atoms with Crippen LogP contribution in [0, 0.1) is 11.6 Å². The van der Waals surface area contributed by atoms with E-state index < -0.39 is 27.7 Å². The molecular weight excluding hydrogens is 372 g/mol. The molecule has 1 aliphatic heterocycles. The molecule has 2 atom stereocenters. The SMILES string of the molecule is O=C(CS(=O)C(c1ccc(F)cc1)c1ccc(F)cc1)NCC1CCCO1. The normalized spacial score (nSPS) is 17.8. The van der Waals surface area contributed by atoms with E-state index in [4.69, 9.17) is 4.74 Å². The number of carbonyl (C=O) groups is 1. The van der Waals surface area contributed by atoms with E-state index in [9.17, 15) is 17.8 Å². The predicted octanol–water partition coefficient (Wildman–Crippen LogP) is 3.10. The Labute approximate surface area is 159 Å². The van der Waals surface area contributed by atoms with Crippen LogP contribution in [0.4, 0.5) is 8.78 Å². The molecule has 0 saturated carbocycles. The van der Waals surface area contributed by atoms with Crippen LogP contribution in [0.3, 0.4) is 0 Å². The minimum Gasteiger partial charge on any atom is -0.376 e. The summed E-state index contributed by atoms with van der Waals surface area (Å²) in [6.45, 7) is 1.09. The van der Waals surface area contributed by atoms with Crippen molar-refractivity contribution in [2.75, 3.05) is 18.9 Å². The third-order valence-corrected chi connectivity index (χ3v) is 6.05. The molecule has 4 nitrogen and oxygen atoms in total. The van der Waals surface area contributed by atoms with Gasteiger partial charge in [-0.05, 0) is 48.2 Å². The average molecular weight is 393 g/mol. The molecule has 1 fully saturated rings. The lowest BCUT2D eigenvalue weighted by Crippen LogP contribution is -2.35. The monoisotopic (exact) mass is 393 g/mol. The zero-order valence-corrected chi connectivity index (χ0v) is 15.5. The first-order chi connectivity index (χ1) is 13.0. The van der Waals surface area contributed by atoms with E-state index in [0.29, 0.717) is 24.3 Å². The quantitative estimate of drug-likeness (QED) is 0.787. The smallest absolute Gasteiger partial charge is 0.232 e. The molecule has 0 bridgehead atoms. The first-order valence-corrected chi connectivity index (χ1v) is 10.2. The summed E-state index contributed by atoms with van der Waals surface area (Å²) in [7, 11) is -1.60. The number of ether oxygens (including phenoxy) is 1. The Kier molecular flexibility index (Phi) is 6.68. The molecule has 2 aromatic carbocycles. The highest BCUT2D eigenvalue weighted by Crippen LogP contribution is 2.29. The number of carbonyl (C=O) groups excluding carboxylic acids is 1. The van der Waals surface area contributed by atoms with Gasteiger partial charge in [-0.15, -0.1) is 0 Å². The summed E-state index contributed by atoms with van der Waals surface area (Å²) in [6.07, 6.45) is 1.88. The molecule has 144 valence electrons. The van der Waals surface area contributed by atoms with E-state index in [1.54, 1.807) is 0 Å². The zero-order chi connectivity index (χ0) is 19.2. The summed E-state index contributed by atoms with van der Waals surface area (Å²) in [4.78, 5) is 12.2. The number of amides is 1. The maximum absolute atomic E-state index is 13.3. The molecule has 0 spiro atoms. The van der Waals surface area contributed by atoms with Gasteiger partial charge in [0.15, 0.2) is 0 Å². The standard InChI is InChI=1S/C20H21F2NO3S/c21-16-7-3-14(4-8-16)20(15-5-9-17(22)10-6-15)27(25)13-19(24)23-12-18-2-1-11-26-18/h3-10,18,20H,1-2,11-13H2,(H,23,24). The second kappa shape index (κ2) is 9.19. The molecule has 7 heteroatoms. The fraction of sp³-hybridized carbons (Fsp3) is 0.350. The van der Waals surface area contributed by atoms with Crippen LogP contribution in [0.1, 0.15) is 29.2 Å². The first-order valence-electron chi connectivity index (χ1n) is 8.79. The molecule has 2 unspecified atom stereocenters. The van der Waals surface area contributed by atoms with Crippen LogP contribution in [0.5, 0.6) is 0 Å². The zero-order valence-electron chi connectivity index (χ0n) is 14.7. The van der Waals surface area contributed by atoms with Crippen molar-refractivity contribution in [1.82, 2.24) is 5.32 Å². The van der Waals surface area contributed by atoms with E-state index in [2.05, 4.69) is 5.32 Å². The molecule has 1 amide bonds. The van der Waals surface area contributed by atoms with Crippen molar-refractivity contribution >= 4 is 16.7 Å². The van der Waals surface area contributed by atoms with Crippen LogP contribution in [0.2, 0.25) is 0 Å². The lowest BCUT2D eigenvalue weighted by atomic mass is 10.0. The maximum atomic E-state index is 13.3. The van der Waals surface area contributed by atoms with Crippen LogP contribution >= 0.6 is 0 Å². The third kappa shape index (κ3) is 5.43. The summed E-state index contributed by atoms with van der Waals surface area (Å²) in [6, 6.07) is 11.2. The van der Waals surface area contributed by atoms with Crippen molar-refractivity contribution in [1.29, 1.82) is 0 Å². The fourth-order valence-corrected chi connectivity index (χ4v) is 4.52. The van der Waals surface area contributed by atoms with E-state index in [0.717, 1.165) is 12.8 Å². The Hall–Kier alpha value is -2.12. The molecule has 2 aromatic rings. The Morgan fingerprint density at radius 2 is 1.63 bits per heavy atom. The lowest BCUT2D eigenvalue weighted by Gasteiger charge is -2.18. The van der Waals surface area contributed by atoms with Gasteiger partial charge in [0.25, 0.3) is 0 Å². The summed E-state index contributed by atoms with van der Waals surface area (Å²) in [5.41, 5.74) is 1.21. The van der Waals surface area contributed by atoms with Gasteiger partial charge in [-0.2, -0.15) is 0 Å². The molecule has 0 radical (unpaired) electrons. The Morgan fingerprint density at radius 3 is 2.11 bits per heavy atom. The van der Waals surface area contributed by atoms with Gasteiger partial charge in [0.05, 0.1) is 11.4 Å². The van der Waals surface area contributed by atoms with E-state index in [1.165, 1.54) is 48.5 Å². The van der Waals surface area contributed by atoms with Crippen molar-refractivity contribution < 1.29 is 22.5 Å². The molecular formula is C20H21F2NO3S. The van der Waals surface area contributed by atoms with Crippen LogP contribution in [-0.2, 0) is 20.3 Å². The Bertz CT molecular complexity index is 744. The number of hydrogen-bond donors (Lipinski definition) is 1. The molecule has 27 heavy (non-hydrogen) atoms. The number of benzene rings is 2. The molecule has 1 heterocycles. The topological polar surface area (TPSA) is 55.4 Å². The molecule has 0 aromatic heterocycles. The second-order valence-electron chi connectivity index (χ2n) is 6.45. The Balaban J connectivity index is 1.72. The van der Waals surface area contributed by atoms with Gasteiger partial charge in [0.2, 0.25) is 5.91 Å². The molecule has 1 aliphatic rings. The average Bonchev–Trinajstić information content (AvgIpc) is 3.17. The third-order valence-electron chi connectivity index (χ3n) is 4.43.